The molecule has 21 heavy (non-hydrogen) atoms. The first-order chi connectivity index (χ1) is 10.0. The number of imidazole rings is 1. The van der Waals surface area contributed by atoms with Gasteiger partial charge in [0.25, 0.3) is 0 Å². The molecule has 1 unspecified atom stereocenters. The van der Waals surface area contributed by atoms with E-state index in [-0.39, 0.29) is 17.6 Å². The summed E-state index contributed by atoms with van der Waals surface area (Å²) in [5, 5.41) is 2.04. The monoisotopic (exact) mass is 309 g/mol. The zero-order valence-corrected chi connectivity index (χ0v) is 12.0. The van der Waals surface area contributed by atoms with Gasteiger partial charge in [0, 0.05) is 0 Å². The number of fused-ring (bicyclic) bond motifs is 1. The first-order valence-electron chi connectivity index (χ1n) is 6.17. The van der Waals surface area contributed by atoms with Crippen molar-refractivity contribution >= 4 is 28.7 Å². The van der Waals surface area contributed by atoms with E-state index in [0.717, 1.165) is 16.3 Å². The number of carbonyl (C=O) groups is 1. The molecular weight excluding hydrogens is 296 g/mol. The van der Waals surface area contributed by atoms with Crippen molar-refractivity contribution in [3.8, 4) is 12.3 Å². The second-order valence-corrected chi connectivity index (χ2v) is 5.52. The molecule has 0 bridgehead atoms. The number of carbonyl (C=O) groups excluding carboxylic acids is 1. The van der Waals surface area contributed by atoms with Crippen LogP contribution in [0.3, 0.4) is 0 Å². The number of aromatic nitrogens is 2. The molecule has 2 aromatic rings. The number of alkyl halides is 2. The highest BCUT2D eigenvalue weighted by atomic mass is 32.2. The zero-order valence-electron chi connectivity index (χ0n) is 11.2. The zero-order chi connectivity index (χ0) is 15.4. The molecule has 7 heteroatoms. The van der Waals surface area contributed by atoms with Crippen LogP contribution < -0.4 is 5.32 Å². The number of benzene rings is 1. The van der Waals surface area contributed by atoms with Crippen LogP contribution in [-0.2, 0) is 4.79 Å². The van der Waals surface area contributed by atoms with Crippen molar-refractivity contribution in [3.63, 3.8) is 0 Å². The number of para-hydroxylation sites is 2. The molecule has 0 fully saturated rings. The second kappa shape index (κ2) is 6.59. The van der Waals surface area contributed by atoms with Crippen molar-refractivity contribution in [3.05, 3.63) is 24.3 Å². The number of hydrogen-bond donors (Lipinski definition) is 1. The molecule has 0 saturated heterocycles. The van der Waals surface area contributed by atoms with Gasteiger partial charge in [-0.15, -0.1) is 6.42 Å². The molecule has 2 rings (SSSR count). The maximum Gasteiger partial charge on any atom is 0.321 e. The smallest absolute Gasteiger partial charge is 0.321 e. The first-order valence-corrected chi connectivity index (χ1v) is 7.05. The molecule has 0 aliphatic rings. The summed E-state index contributed by atoms with van der Waals surface area (Å²) in [6.07, 6.45) is 5.06. The summed E-state index contributed by atoms with van der Waals surface area (Å²) >= 11 is 0.974. The Hall–Kier alpha value is -2.07. The minimum absolute atomic E-state index is 0.106. The van der Waals surface area contributed by atoms with E-state index in [9.17, 15) is 13.6 Å². The average molecular weight is 309 g/mol. The normalized spacial score (nSPS) is 12.3. The van der Waals surface area contributed by atoms with Crippen molar-refractivity contribution in [2.45, 2.75) is 23.9 Å². The molecule has 1 amide bonds. The molecule has 1 atom stereocenters. The van der Waals surface area contributed by atoms with Crippen molar-refractivity contribution < 1.29 is 13.6 Å². The van der Waals surface area contributed by atoms with Gasteiger partial charge in [-0.3, -0.25) is 9.36 Å². The minimum Gasteiger partial charge on any atom is -0.344 e. The third kappa shape index (κ3) is 3.34. The Bertz CT molecular complexity index is 693. The number of rotatable bonds is 5. The van der Waals surface area contributed by atoms with E-state index in [2.05, 4.69) is 16.2 Å². The Morgan fingerprint density at radius 3 is 2.90 bits per heavy atom. The van der Waals surface area contributed by atoms with E-state index >= 15 is 0 Å². The van der Waals surface area contributed by atoms with Gasteiger partial charge in [0.15, 0.2) is 5.16 Å². The highest BCUT2D eigenvalue weighted by Crippen LogP contribution is 2.31. The molecule has 4 nitrogen and oxygen atoms in total. The van der Waals surface area contributed by atoms with Crippen LogP contribution in [-0.4, -0.2) is 27.3 Å². The average Bonchev–Trinajstić information content (AvgIpc) is 2.82. The van der Waals surface area contributed by atoms with Gasteiger partial charge < -0.3 is 5.32 Å². The number of hydrogen-bond acceptors (Lipinski definition) is 3. The molecule has 0 aliphatic carbocycles. The van der Waals surface area contributed by atoms with Crippen molar-refractivity contribution in [2.75, 3.05) is 6.54 Å². The van der Waals surface area contributed by atoms with Crippen LogP contribution in [0.4, 0.5) is 8.78 Å². The van der Waals surface area contributed by atoms with Gasteiger partial charge in [0.05, 0.1) is 22.8 Å². The molecule has 0 spiro atoms. The van der Waals surface area contributed by atoms with Crippen LogP contribution in [0.2, 0.25) is 0 Å². The molecule has 1 heterocycles. The molecule has 0 aliphatic heterocycles. The summed E-state index contributed by atoms with van der Waals surface area (Å²) in [5.74, 6) is 1.97. The largest absolute Gasteiger partial charge is 0.344 e. The lowest BCUT2D eigenvalue weighted by molar-refractivity contribution is -0.120. The number of nitrogens with one attached hydrogen (secondary N) is 1. The van der Waals surface area contributed by atoms with Crippen molar-refractivity contribution in [2.24, 2.45) is 0 Å². The summed E-state index contributed by atoms with van der Waals surface area (Å²) in [7, 11) is 0. The molecule has 1 aromatic carbocycles. The molecule has 1 aromatic heterocycles. The predicted octanol–water partition coefficient (Wildman–Crippen LogP) is 2.66. The Labute approximate surface area is 124 Å². The van der Waals surface area contributed by atoms with Gasteiger partial charge in [0.1, 0.15) is 0 Å². The van der Waals surface area contributed by atoms with Crippen molar-refractivity contribution in [1.82, 2.24) is 14.9 Å². The summed E-state index contributed by atoms with van der Waals surface area (Å²) in [5.41, 5.74) is 0.808. The maximum atomic E-state index is 13.2. The number of nitrogens with zero attached hydrogens (tertiary/aromatic N) is 2. The molecule has 1 N–H and O–H groups in total. The van der Waals surface area contributed by atoms with Crippen LogP contribution in [0.1, 0.15) is 13.5 Å². The first kappa shape index (κ1) is 15.3. The summed E-state index contributed by atoms with van der Waals surface area (Å²) in [6, 6.07) is 6.62. The standard InChI is InChI=1S/C14H13F2N3OS/c1-3-8-17-12(20)9(2)21-14-18-10-6-4-5-7-11(10)19(14)13(15)16/h1,4-7,9,13H,8H2,2H3,(H,17,20). The van der Waals surface area contributed by atoms with Gasteiger partial charge >= 0.3 is 6.55 Å². The van der Waals surface area contributed by atoms with E-state index in [1.54, 1.807) is 31.2 Å². The topological polar surface area (TPSA) is 46.9 Å². The highest BCUT2D eigenvalue weighted by Gasteiger charge is 2.22. The van der Waals surface area contributed by atoms with Crippen LogP contribution >= 0.6 is 11.8 Å². The molecule has 0 radical (unpaired) electrons. The van der Waals surface area contributed by atoms with E-state index in [4.69, 9.17) is 6.42 Å². The highest BCUT2D eigenvalue weighted by molar-refractivity contribution is 8.00. The Morgan fingerprint density at radius 1 is 1.52 bits per heavy atom. The van der Waals surface area contributed by atoms with E-state index < -0.39 is 11.8 Å². The lowest BCUT2D eigenvalue weighted by atomic mass is 10.3. The van der Waals surface area contributed by atoms with E-state index in [1.807, 2.05) is 0 Å². The SMILES string of the molecule is C#CCNC(=O)C(C)Sc1nc2ccccc2n1C(F)F. The predicted molar refractivity (Wildman–Crippen MR) is 78.1 cm³/mol. The van der Waals surface area contributed by atoms with E-state index in [0.29, 0.717) is 11.0 Å². The fraction of sp³-hybridized carbons (Fsp3) is 0.286. The second-order valence-electron chi connectivity index (χ2n) is 4.21. The molecule has 110 valence electrons. The van der Waals surface area contributed by atoms with Gasteiger partial charge in [-0.1, -0.05) is 29.8 Å². The third-order valence-electron chi connectivity index (χ3n) is 2.77. The van der Waals surface area contributed by atoms with Gasteiger partial charge in [-0.2, -0.15) is 8.78 Å². The van der Waals surface area contributed by atoms with Gasteiger partial charge in [-0.25, -0.2) is 4.98 Å². The summed E-state index contributed by atoms with van der Waals surface area (Å²) < 4.78 is 27.3. The number of amides is 1. The van der Waals surface area contributed by atoms with Crippen LogP contribution in [0.15, 0.2) is 29.4 Å². The van der Waals surface area contributed by atoms with Gasteiger partial charge in [0.2, 0.25) is 5.91 Å². The van der Waals surface area contributed by atoms with Crippen LogP contribution in [0.25, 0.3) is 11.0 Å². The quantitative estimate of drug-likeness (QED) is 0.682. The van der Waals surface area contributed by atoms with Crippen LogP contribution in [0, 0.1) is 12.3 Å². The number of thioether (sulfide) groups is 1. The third-order valence-corrected chi connectivity index (χ3v) is 3.84. The van der Waals surface area contributed by atoms with Gasteiger partial charge in [-0.05, 0) is 19.1 Å². The molecule has 0 saturated carbocycles. The summed E-state index contributed by atoms with van der Waals surface area (Å²) in [6.45, 7) is -0.999. The number of halogens is 2. The Kier molecular flexibility index (Phi) is 4.81. The van der Waals surface area contributed by atoms with E-state index in [1.165, 1.54) is 0 Å². The lowest BCUT2D eigenvalue weighted by Crippen LogP contribution is -2.31. The lowest BCUT2D eigenvalue weighted by Gasteiger charge is -2.12. The molecular formula is C14H13F2N3OS. The fourth-order valence-electron chi connectivity index (χ4n) is 1.79. The fourth-order valence-corrected chi connectivity index (χ4v) is 2.74. The minimum atomic E-state index is -2.72. The summed E-state index contributed by atoms with van der Waals surface area (Å²) in [4.78, 5) is 15.9. The number of terminal acetylenes is 1. The maximum absolute atomic E-state index is 13.2. The van der Waals surface area contributed by atoms with Crippen molar-refractivity contribution in [1.29, 1.82) is 0 Å². The Morgan fingerprint density at radius 2 is 2.24 bits per heavy atom. The Balaban J connectivity index is 2.28. The van der Waals surface area contributed by atoms with Crippen LogP contribution in [0.5, 0.6) is 0 Å².